The highest BCUT2D eigenvalue weighted by Crippen LogP contribution is 2.09. The highest BCUT2D eigenvalue weighted by atomic mass is 16.3. The number of carbonyl (C=O) groups excluding carboxylic acids is 1. The number of aliphatic hydroxyl groups is 1. The van der Waals surface area contributed by atoms with Crippen molar-refractivity contribution >= 4 is 11.8 Å². The molecular weight excluding hydrogens is 230 g/mol. The zero-order chi connectivity index (χ0) is 13.7. The molecule has 2 atom stereocenters. The van der Waals surface area contributed by atoms with Crippen molar-refractivity contribution < 1.29 is 9.90 Å². The van der Waals surface area contributed by atoms with Crippen molar-refractivity contribution in [1.82, 2.24) is 10.3 Å². The van der Waals surface area contributed by atoms with Gasteiger partial charge in [-0.05, 0) is 44.4 Å². The number of urea groups is 1. The maximum absolute atomic E-state index is 11.7. The van der Waals surface area contributed by atoms with Crippen LogP contribution in [0.15, 0.2) is 12.1 Å². The zero-order valence-electron chi connectivity index (χ0n) is 11.3. The van der Waals surface area contributed by atoms with Crippen molar-refractivity contribution in [1.29, 1.82) is 0 Å². The minimum absolute atomic E-state index is 0.0166. The smallest absolute Gasteiger partial charge is 0.320 e. The molecule has 1 aromatic heterocycles. The van der Waals surface area contributed by atoms with Gasteiger partial charge in [0.15, 0.2) is 0 Å². The number of pyridine rings is 1. The van der Waals surface area contributed by atoms with Gasteiger partial charge in [-0.1, -0.05) is 6.92 Å². The van der Waals surface area contributed by atoms with E-state index in [0.717, 1.165) is 11.3 Å². The third-order valence-corrected chi connectivity index (χ3v) is 2.84. The van der Waals surface area contributed by atoms with Crippen molar-refractivity contribution in [3.63, 3.8) is 0 Å². The number of nitrogens with one attached hydrogen (secondary N) is 2. The van der Waals surface area contributed by atoms with Gasteiger partial charge in [-0.3, -0.25) is 5.32 Å². The molecule has 0 fully saturated rings. The van der Waals surface area contributed by atoms with E-state index in [9.17, 15) is 4.79 Å². The van der Waals surface area contributed by atoms with E-state index in [1.165, 1.54) is 0 Å². The molecule has 1 rings (SSSR count). The van der Waals surface area contributed by atoms with Gasteiger partial charge in [0, 0.05) is 18.3 Å². The molecule has 0 aliphatic heterocycles. The lowest BCUT2D eigenvalue weighted by molar-refractivity contribution is 0.204. The summed E-state index contributed by atoms with van der Waals surface area (Å²) in [7, 11) is 0. The van der Waals surface area contributed by atoms with Crippen LogP contribution in [0.1, 0.15) is 25.1 Å². The molecule has 1 aromatic rings. The summed E-state index contributed by atoms with van der Waals surface area (Å²) in [5, 5.41) is 14.5. The Kier molecular flexibility index (Phi) is 5.09. The summed E-state index contributed by atoms with van der Waals surface area (Å²) >= 11 is 0. The first-order valence-corrected chi connectivity index (χ1v) is 6.06. The fraction of sp³-hybridized carbons (Fsp3) is 0.538. The van der Waals surface area contributed by atoms with E-state index in [4.69, 9.17) is 5.11 Å². The summed E-state index contributed by atoms with van der Waals surface area (Å²) in [5.41, 5.74) is 1.91. The number of nitrogens with zero attached hydrogens (tertiary/aromatic N) is 1. The van der Waals surface area contributed by atoms with E-state index in [0.29, 0.717) is 5.82 Å². The zero-order valence-corrected chi connectivity index (χ0v) is 11.3. The van der Waals surface area contributed by atoms with Crippen molar-refractivity contribution in [2.45, 2.75) is 33.7 Å². The molecule has 0 saturated heterocycles. The Morgan fingerprint density at radius 3 is 2.61 bits per heavy atom. The van der Waals surface area contributed by atoms with Crippen LogP contribution in [-0.2, 0) is 0 Å². The number of rotatable bonds is 4. The van der Waals surface area contributed by atoms with Crippen molar-refractivity contribution in [2.24, 2.45) is 5.92 Å². The maximum atomic E-state index is 11.7. The third-order valence-electron chi connectivity index (χ3n) is 2.84. The maximum Gasteiger partial charge on any atom is 0.320 e. The Morgan fingerprint density at radius 2 is 2.06 bits per heavy atom. The van der Waals surface area contributed by atoms with E-state index < -0.39 is 0 Å². The van der Waals surface area contributed by atoms with Gasteiger partial charge in [-0.15, -0.1) is 0 Å². The molecule has 0 radical (unpaired) electrons. The molecule has 0 aliphatic carbocycles. The van der Waals surface area contributed by atoms with Crippen LogP contribution in [0.5, 0.6) is 0 Å². The minimum Gasteiger partial charge on any atom is -0.396 e. The summed E-state index contributed by atoms with van der Waals surface area (Å²) in [6.45, 7) is 7.61. The third kappa shape index (κ3) is 4.33. The van der Waals surface area contributed by atoms with Gasteiger partial charge in [0.05, 0.1) is 0 Å². The number of aromatic nitrogens is 1. The number of hydrogen-bond donors (Lipinski definition) is 3. The first-order chi connectivity index (χ1) is 8.42. The largest absolute Gasteiger partial charge is 0.396 e. The van der Waals surface area contributed by atoms with E-state index in [2.05, 4.69) is 15.6 Å². The Bertz CT molecular complexity index is 400. The lowest BCUT2D eigenvalue weighted by Crippen LogP contribution is -2.41. The van der Waals surface area contributed by atoms with Crippen molar-refractivity contribution in [3.05, 3.63) is 23.4 Å². The van der Waals surface area contributed by atoms with Crippen LogP contribution in [-0.4, -0.2) is 28.8 Å². The highest BCUT2D eigenvalue weighted by Gasteiger charge is 2.14. The van der Waals surface area contributed by atoms with E-state index >= 15 is 0 Å². The fourth-order valence-corrected chi connectivity index (χ4v) is 1.56. The number of anilines is 1. The Morgan fingerprint density at radius 1 is 1.39 bits per heavy atom. The minimum atomic E-state index is -0.305. The molecule has 2 amide bonds. The summed E-state index contributed by atoms with van der Waals surface area (Å²) < 4.78 is 0. The lowest BCUT2D eigenvalue weighted by atomic mass is 10.1. The highest BCUT2D eigenvalue weighted by molar-refractivity contribution is 5.88. The van der Waals surface area contributed by atoms with Gasteiger partial charge in [0.2, 0.25) is 0 Å². The van der Waals surface area contributed by atoms with Gasteiger partial charge < -0.3 is 10.4 Å². The second kappa shape index (κ2) is 6.35. The SMILES string of the molecule is Cc1cc(C)nc(NC(=O)NC(C)C(C)CO)c1. The normalized spacial score (nSPS) is 13.8. The predicted molar refractivity (Wildman–Crippen MR) is 71.6 cm³/mol. The Hall–Kier alpha value is -1.62. The van der Waals surface area contributed by atoms with E-state index in [-0.39, 0.29) is 24.6 Å². The van der Waals surface area contributed by atoms with E-state index in [1.807, 2.05) is 39.8 Å². The van der Waals surface area contributed by atoms with Crippen LogP contribution in [0.3, 0.4) is 0 Å². The molecule has 100 valence electrons. The summed E-state index contributed by atoms with van der Waals surface area (Å²) in [5.74, 6) is 0.553. The second-order valence-electron chi connectivity index (χ2n) is 4.72. The number of hydrogen-bond acceptors (Lipinski definition) is 3. The summed E-state index contributed by atoms with van der Waals surface area (Å²) in [6.07, 6.45) is 0. The Labute approximate surface area is 108 Å². The van der Waals surface area contributed by atoms with Crippen LogP contribution in [0.4, 0.5) is 10.6 Å². The number of aliphatic hydroxyl groups excluding tert-OH is 1. The number of aryl methyl sites for hydroxylation is 2. The second-order valence-corrected chi connectivity index (χ2v) is 4.72. The molecule has 2 unspecified atom stereocenters. The standard InChI is InChI=1S/C13H21N3O2/c1-8-5-10(3)14-12(6-8)16-13(18)15-11(4)9(2)7-17/h5-6,9,11,17H,7H2,1-4H3,(H2,14,15,16,18). The first kappa shape index (κ1) is 14.4. The van der Waals surface area contributed by atoms with Crippen LogP contribution in [0.2, 0.25) is 0 Å². The average molecular weight is 251 g/mol. The molecular formula is C13H21N3O2. The van der Waals surface area contributed by atoms with Crippen LogP contribution < -0.4 is 10.6 Å². The van der Waals surface area contributed by atoms with Gasteiger partial charge >= 0.3 is 6.03 Å². The monoisotopic (exact) mass is 251 g/mol. The van der Waals surface area contributed by atoms with Crippen LogP contribution in [0, 0.1) is 19.8 Å². The fourth-order valence-electron chi connectivity index (χ4n) is 1.56. The molecule has 0 aliphatic rings. The molecule has 0 spiro atoms. The quantitative estimate of drug-likeness (QED) is 0.764. The molecule has 5 nitrogen and oxygen atoms in total. The van der Waals surface area contributed by atoms with Gasteiger partial charge in [0.25, 0.3) is 0 Å². The Balaban J connectivity index is 2.59. The molecule has 0 aromatic carbocycles. The average Bonchev–Trinajstić information content (AvgIpc) is 2.25. The number of carbonyl (C=O) groups is 1. The first-order valence-electron chi connectivity index (χ1n) is 6.06. The number of amides is 2. The summed E-state index contributed by atoms with van der Waals surface area (Å²) in [6, 6.07) is 3.35. The molecule has 0 saturated carbocycles. The predicted octanol–water partition coefficient (Wildman–Crippen LogP) is 1.84. The van der Waals surface area contributed by atoms with Crippen molar-refractivity contribution in [3.8, 4) is 0 Å². The van der Waals surface area contributed by atoms with Gasteiger partial charge in [-0.25, -0.2) is 9.78 Å². The van der Waals surface area contributed by atoms with Crippen LogP contribution >= 0.6 is 0 Å². The van der Waals surface area contributed by atoms with Gasteiger partial charge in [-0.2, -0.15) is 0 Å². The molecule has 5 heteroatoms. The van der Waals surface area contributed by atoms with E-state index in [1.54, 1.807) is 0 Å². The lowest BCUT2D eigenvalue weighted by Gasteiger charge is -2.19. The van der Waals surface area contributed by atoms with Crippen LogP contribution in [0.25, 0.3) is 0 Å². The molecule has 3 N–H and O–H groups in total. The molecule has 0 bridgehead atoms. The molecule has 18 heavy (non-hydrogen) atoms. The van der Waals surface area contributed by atoms with Crippen molar-refractivity contribution in [2.75, 3.05) is 11.9 Å². The summed E-state index contributed by atoms with van der Waals surface area (Å²) in [4.78, 5) is 15.9. The van der Waals surface area contributed by atoms with Gasteiger partial charge in [0.1, 0.15) is 5.82 Å². The molecule has 1 heterocycles. The topological polar surface area (TPSA) is 74.2 Å².